The van der Waals surface area contributed by atoms with E-state index in [1.54, 1.807) is 10.9 Å². The van der Waals surface area contributed by atoms with E-state index in [-0.39, 0.29) is 18.6 Å². The molecule has 0 aliphatic heterocycles. The first-order valence-corrected chi connectivity index (χ1v) is 7.60. The molecule has 0 saturated heterocycles. The lowest BCUT2D eigenvalue weighted by molar-refractivity contribution is 0.222. The average molecular weight is 317 g/mol. The molecule has 124 valence electrons. The van der Waals surface area contributed by atoms with Gasteiger partial charge < -0.3 is 15.7 Å². The van der Waals surface area contributed by atoms with Crippen LogP contribution in [-0.2, 0) is 6.54 Å². The SMILES string of the molecule is Cc1cc(C)n(-c2ccc(CNC(=O)NCC(C)CO)cn2)n1. The molecule has 2 aromatic rings. The van der Waals surface area contributed by atoms with Crippen molar-refractivity contribution in [3.8, 4) is 5.82 Å². The first-order chi connectivity index (χ1) is 11.0. The quantitative estimate of drug-likeness (QED) is 0.749. The van der Waals surface area contributed by atoms with E-state index in [1.165, 1.54) is 0 Å². The first kappa shape index (κ1) is 17.0. The summed E-state index contributed by atoms with van der Waals surface area (Å²) in [4.78, 5) is 16.0. The summed E-state index contributed by atoms with van der Waals surface area (Å²) in [5, 5.41) is 18.8. The molecule has 0 saturated carbocycles. The second-order valence-electron chi connectivity index (χ2n) is 5.71. The summed E-state index contributed by atoms with van der Waals surface area (Å²) in [7, 11) is 0. The van der Waals surface area contributed by atoms with Gasteiger partial charge in [0.1, 0.15) is 0 Å². The Kier molecular flexibility index (Phi) is 5.70. The van der Waals surface area contributed by atoms with Crippen molar-refractivity contribution in [2.75, 3.05) is 13.2 Å². The summed E-state index contributed by atoms with van der Waals surface area (Å²) in [6, 6.07) is 5.53. The van der Waals surface area contributed by atoms with Gasteiger partial charge in [0, 0.05) is 31.6 Å². The van der Waals surface area contributed by atoms with Crippen LogP contribution < -0.4 is 10.6 Å². The van der Waals surface area contributed by atoms with E-state index in [9.17, 15) is 4.79 Å². The molecule has 0 aromatic carbocycles. The zero-order chi connectivity index (χ0) is 16.8. The van der Waals surface area contributed by atoms with E-state index in [4.69, 9.17) is 5.11 Å². The Balaban J connectivity index is 1.88. The van der Waals surface area contributed by atoms with Gasteiger partial charge in [-0.3, -0.25) is 0 Å². The Bertz CT molecular complexity index is 651. The Morgan fingerprint density at radius 3 is 2.70 bits per heavy atom. The number of hydrogen-bond acceptors (Lipinski definition) is 4. The van der Waals surface area contributed by atoms with Crippen LogP contribution in [0.3, 0.4) is 0 Å². The van der Waals surface area contributed by atoms with Crippen molar-refractivity contribution in [3.63, 3.8) is 0 Å². The molecule has 2 heterocycles. The molecule has 2 rings (SSSR count). The molecule has 2 amide bonds. The molecule has 7 nitrogen and oxygen atoms in total. The van der Waals surface area contributed by atoms with Gasteiger partial charge in [-0.1, -0.05) is 13.0 Å². The molecule has 0 fully saturated rings. The van der Waals surface area contributed by atoms with Crippen LogP contribution in [0.15, 0.2) is 24.4 Å². The van der Waals surface area contributed by atoms with E-state index < -0.39 is 0 Å². The maximum atomic E-state index is 11.6. The summed E-state index contributed by atoms with van der Waals surface area (Å²) in [6.45, 7) is 6.67. The Labute approximate surface area is 135 Å². The highest BCUT2D eigenvalue weighted by Gasteiger charge is 2.06. The number of amides is 2. The number of nitrogens with zero attached hydrogens (tertiary/aromatic N) is 3. The number of hydrogen-bond donors (Lipinski definition) is 3. The van der Waals surface area contributed by atoms with Gasteiger partial charge in [-0.05, 0) is 37.5 Å². The Hall–Kier alpha value is -2.41. The number of nitrogens with one attached hydrogen (secondary N) is 2. The van der Waals surface area contributed by atoms with Gasteiger partial charge in [0.2, 0.25) is 0 Å². The third-order valence-electron chi connectivity index (χ3n) is 3.41. The molecule has 0 spiro atoms. The zero-order valence-corrected chi connectivity index (χ0v) is 13.7. The number of aromatic nitrogens is 3. The highest BCUT2D eigenvalue weighted by atomic mass is 16.3. The van der Waals surface area contributed by atoms with Gasteiger partial charge in [-0.25, -0.2) is 14.5 Å². The fourth-order valence-electron chi connectivity index (χ4n) is 2.08. The number of urea groups is 1. The van der Waals surface area contributed by atoms with Crippen molar-refractivity contribution in [1.29, 1.82) is 0 Å². The van der Waals surface area contributed by atoms with Crippen LogP contribution in [0.25, 0.3) is 5.82 Å². The summed E-state index contributed by atoms with van der Waals surface area (Å²) < 4.78 is 1.79. The van der Waals surface area contributed by atoms with E-state index in [0.717, 1.165) is 22.8 Å². The van der Waals surface area contributed by atoms with Gasteiger partial charge in [0.25, 0.3) is 0 Å². The van der Waals surface area contributed by atoms with Crippen molar-refractivity contribution in [1.82, 2.24) is 25.4 Å². The van der Waals surface area contributed by atoms with Crippen LogP contribution in [0.5, 0.6) is 0 Å². The third-order valence-corrected chi connectivity index (χ3v) is 3.41. The van der Waals surface area contributed by atoms with E-state index in [2.05, 4.69) is 20.7 Å². The van der Waals surface area contributed by atoms with Crippen LogP contribution in [0.4, 0.5) is 4.79 Å². The molecule has 2 aromatic heterocycles. The minimum Gasteiger partial charge on any atom is -0.396 e. The fraction of sp³-hybridized carbons (Fsp3) is 0.438. The summed E-state index contributed by atoms with van der Waals surface area (Å²) >= 11 is 0. The molecule has 1 unspecified atom stereocenters. The minimum atomic E-state index is -0.257. The number of carbonyl (C=O) groups excluding carboxylic acids is 1. The number of pyridine rings is 1. The maximum absolute atomic E-state index is 11.6. The maximum Gasteiger partial charge on any atom is 0.315 e. The highest BCUT2D eigenvalue weighted by molar-refractivity contribution is 5.73. The van der Waals surface area contributed by atoms with Crippen molar-refractivity contribution >= 4 is 6.03 Å². The summed E-state index contributed by atoms with van der Waals surface area (Å²) in [5.41, 5.74) is 2.88. The zero-order valence-electron chi connectivity index (χ0n) is 13.7. The predicted molar refractivity (Wildman–Crippen MR) is 87.3 cm³/mol. The number of carbonyl (C=O) groups is 1. The second kappa shape index (κ2) is 7.73. The van der Waals surface area contributed by atoms with Crippen LogP contribution in [-0.4, -0.2) is 39.1 Å². The van der Waals surface area contributed by atoms with Gasteiger partial charge >= 0.3 is 6.03 Å². The van der Waals surface area contributed by atoms with Gasteiger partial charge in [0.15, 0.2) is 5.82 Å². The van der Waals surface area contributed by atoms with E-state index in [0.29, 0.717) is 13.1 Å². The fourth-order valence-corrected chi connectivity index (χ4v) is 2.08. The second-order valence-corrected chi connectivity index (χ2v) is 5.71. The standard InChI is InChI=1S/C16H23N5O2/c1-11(10-22)7-18-16(23)19-9-14-4-5-15(17-8-14)21-13(3)6-12(2)20-21/h4-6,8,11,22H,7,9-10H2,1-3H3,(H2,18,19,23). The largest absolute Gasteiger partial charge is 0.396 e. The average Bonchev–Trinajstić information content (AvgIpc) is 2.89. The van der Waals surface area contributed by atoms with Gasteiger partial charge in [-0.2, -0.15) is 5.10 Å². The molecule has 7 heteroatoms. The molecule has 0 aliphatic carbocycles. The summed E-state index contributed by atoms with van der Waals surface area (Å²) in [6.07, 6.45) is 1.72. The molecular weight excluding hydrogens is 294 g/mol. The van der Waals surface area contributed by atoms with Crippen molar-refractivity contribution < 1.29 is 9.90 Å². The predicted octanol–water partition coefficient (Wildman–Crippen LogP) is 1.31. The van der Waals surface area contributed by atoms with Crippen LogP contribution in [0, 0.1) is 19.8 Å². The lowest BCUT2D eigenvalue weighted by Gasteiger charge is -2.11. The third kappa shape index (κ3) is 4.79. The van der Waals surface area contributed by atoms with E-state index >= 15 is 0 Å². The van der Waals surface area contributed by atoms with Crippen molar-refractivity contribution in [2.45, 2.75) is 27.3 Å². The van der Waals surface area contributed by atoms with Gasteiger partial charge in [0.05, 0.1) is 5.69 Å². The topological polar surface area (TPSA) is 92.1 Å². The molecule has 0 radical (unpaired) electrons. The van der Waals surface area contributed by atoms with Crippen molar-refractivity contribution in [3.05, 3.63) is 41.3 Å². The smallest absolute Gasteiger partial charge is 0.315 e. The highest BCUT2D eigenvalue weighted by Crippen LogP contribution is 2.10. The molecule has 3 N–H and O–H groups in total. The number of aryl methyl sites for hydroxylation is 2. The molecule has 23 heavy (non-hydrogen) atoms. The van der Waals surface area contributed by atoms with Crippen LogP contribution >= 0.6 is 0 Å². The monoisotopic (exact) mass is 317 g/mol. The number of aliphatic hydroxyl groups is 1. The number of aliphatic hydroxyl groups excluding tert-OH is 1. The van der Waals surface area contributed by atoms with Gasteiger partial charge in [-0.15, -0.1) is 0 Å². The Morgan fingerprint density at radius 2 is 2.13 bits per heavy atom. The lowest BCUT2D eigenvalue weighted by atomic mass is 10.2. The van der Waals surface area contributed by atoms with Crippen LogP contribution in [0.2, 0.25) is 0 Å². The lowest BCUT2D eigenvalue weighted by Crippen LogP contribution is -2.38. The Morgan fingerprint density at radius 1 is 1.35 bits per heavy atom. The first-order valence-electron chi connectivity index (χ1n) is 7.60. The molecule has 0 bridgehead atoms. The molecular formula is C16H23N5O2. The number of rotatable bonds is 6. The molecule has 0 aliphatic rings. The normalized spacial score (nSPS) is 12.0. The van der Waals surface area contributed by atoms with E-state index in [1.807, 2.05) is 39.0 Å². The minimum absolute atomic E-state index is 0.0440. The van der Waals surface area contributed by atoms with Crippen molar-refractivity contribution in [2.24, 2.45) is 5.92 Å². The molecule has 1 atom stereocenters. The summed E-state index contributed by atoms with van der Waals surface area (Å²) in [5.74, 6) is 0.794. The van der Waals surface area contributed by atoms with Crippen LogP contribution in [0.1, 0.15) is 23.9 Å².